The molecule has 0 fully saturated rings. The average Bonchev–Trinajstić information content (AvgIpc) is 2.63. The molecule has 0 bridgehead atoms. The molecule has 2 rings (SSSR count). The van der Waals surface area contributed by atoms with E-state index in [9.17, 15) is 9.59 Å². The number of carbonyl (C=O) groups excluding carboxylic acids is 2. The highest BCUT2D eigenvalue weighted by atomic mass is 35.5. The van der Waals surface area contributed by atoms with Gasteiger partial charge in [-0.15, -0.1) is 0 Å². The number of amides is 1. The summed E-state index contributed by atoms with van der Waals surface area (Å²) in [6.45, 7) is 5.66. The van der Waals surface area contributed by atoms with Gasteiger partial charge in [-0.1, -0.05) is 41.4 Å². The number of halogens is 2. The first-order valence-electron chi connectivity index (χ1n) is 8.92. The molecule has 2 aromatic rings. The maximum Gasteiger partial charge on any atom is 0.306 e. The zero-order chi connectivity index (χ0) is 20.7. The van der Waals surface area contributed by atoms with Crippen molar-refractivity contribution in [2.45, 2.75) is 39.7 Å². The van der Waals surface area contributed by atoms with Gasteiger partial charge >= 0.3 is 5.97 Å². The predicted octanol–water partition coefficient (Wildman–Crippen LogP) is 5.34. The summed E-state index contributed by atoms with van der Waals surface area (Å²) in [5.41, 5.74) is 2.64. The Morgan fingerprint density at radius 3 is 2.43 bits per heavy atom. The summed E-state index contributed by atoms with van der Waals surface area (Å²) < 4.78 is 10.7. The Hall–Kier alpha value is -2.24. The SMILES string of the molecule is Cc1cccc(C)c1NC(=O)C(C)OC(=O)CCCOc1ccc(Cl)cc1Cl. The van der Waals surface area contributed by atoms with Gasteiger partial charge in [-0.2, -0.15) is 0 Å². The molecule has 5 nitrogen and oxygen atoms in total. The minimum Gasteiger partial charge on any atom is -0.492 e. The third kappa shape index (κ3) is 6.43. The van der Waals surface area contributed by atoms with E-state index in [0.29, 0.717) is 28.8 Å². The van der Waals surface area contributed by atoms with Crippen LogP contribution in [0.25, 0.3) is 0 Å². The Morgan fingerprint density at radius 1 is 1.11 bits per heavy atom. The quantitative estimate of drug-likeness (QED) is 0.459. The van der Waals surface area contributed by atoms with E-state index in [2.05, 4.69) is 5.32 Å². The number of aryl methyl sites for hydroxylation is 2. The normalized spacial score (nSPS) is 11.6. The van der Waals surface area contributed by atoms with E-state index in [-0.39, 0.29) is 12.3 Å². The number of rotatable bonds is 8. The van der Waals surface area contributed by atoms with Gasteiger partial charge in [-0.05, 0) is 56.5 Å². The van der Waals surface area contributed by atoms with Crippen molar-refractivity contribution < 1.29 is 19.1 Å². The first kappa shape index (κ1) is 22.1. The molecule has 0 spiro atoms. The summed E-state index contributed by atoms with van der Waals surface area (Å²) in [5, 5.41) is 3.75. The highest BCUT2D eigenvalue weighted by molar-refractivity contribution is 6.35. The molecule has 0 heterocycles. The van der Waals surface area contributed by atoms with Crippen molar-refractivity contribution in [1.82, 2.24) is 0 Å². The number of nitrogens with one attached hydrogen (secondary N) is 1. The molecule has 150 valence electrons. The van der Waals surface area contributed by atoms with E-state index in [4.69, 9.17) is 32.7 Å². The van der Waals surface area contributed by atoms with Gasteiger partial charge < -0.3 is 14.8 Å². The van der Waals surface area contributed by atoms with E-state index in [1.807, 2.05) is 32.0 Å². The molecular formula is C21H23Cl2NO4. The van der Waals surface area contributed by atoms with Crippen molar-refractivity contribution in [3.8, 4) is 5.75 Å². The lowest BCUT2D eigenvalue weighted by Gasteiger charge is -2.16. The van der Waals surface area contributed by atoms with Gasteiger partial charge in [0.1, 0.15) is 5.75 Å². The second kappa shape index (κ2) is 10.3. The van der Waals surface area contributed by atoms with Crippen LogP contribution in [0, 0.1) is 13.8 Å². The van der Waals surface area contributed by atoms with Crippen LogP contribution in [0.1, 0.15) is 30.9 Å². The number of hydrogen-bond acceptors (Lipinski definition) is 4. The standard InChI is InChI=1S/C21H23Cl2NO4/c1-13-6-4-7-14(2)20(13)24-21(26)15(3)28-19(25)8-5-11-27-18-10-9-16(22)12-17(18)23/h4,6-7,9-10,12,15H,5,8,11H2,1-3H3,(H,24,26). The highest BCUT2D eigenvalue weighted by Crippen LogP contribution is 2.27. The predicted molar refractivity (Wildman–Crippen MR) is 111 cm³/mol. The molecule has 1 unspecified atom stereocenters. The van der Waals surface area contributed by atoms with Crippen LogP contribution >= 0.6 is 23.2 Å². The molecule has 0 saturated carbocycles. The van der Waals surface area contributed by atoms with Crippen molar-refractivity contribution in [3.05, 3.63) is 57.6 Å². The van der Waals surface area contributed by atoms with Crippen molar-refractivity contribution in [2.24, 2.45) is 0 Å². The lowest BCUT2D eigenvalue weighted by atomic mass is 10.1. The maximum absolute atomic E-state index is 12.3. The van der Waals surface area contributed by atoms with Crippen LogP contribution in [-0.4, -0.2) is 24.6 Å². The third-order valence-electron chi connectivity index (χ3n) is 4.08. The fourth-order valence-electron chi connectivity index (χ4n) is 2.54. The Bertz CT molecular complexity index is 834. The molecule has 0 radical (unpaired) electrons. The van der Waals surface area contributed by atoms with Crippen LogP contribution in [0.4, 0.5) is 5.69 Å². The Kier molecular flexibility index (Phi) is 8.15. The number of benzene rings is 2. The van der Waals surface area contributed by atoms with Crippen molar-refractivity contribution in [2.75, 3.05) is 11.9 Å². The lowest BCUT2D eigenvalue weighted by Crippen LogP contribution is -2.30. The van der Waals surface area contributed by atoms with Crippen molar-refractivity contribution in [1.29, 1.82) is 0 Å². The Balaban J connectivity index is 1.75. The summed E-state index contributed by atoms with van der Waals surface area (Å²) in [7, 11) is 0. The zero-order valence-corrected chi connectivity index (χ0v) is 17.6. The summed E-state index contributed by atoms with van der Waals surface area (Å²) in [6, 6.07) is 10.7. The van der Waals surface area contributed by atoms with Crippen LogP contribution in [-0.2, 0) is 14.3 Å². The van der Waals surface area contributed by atoms with Gasteiger partial charge in [0.25, 0.3) is 5.91 Å². The number of carbonyl (C=O) groups is 2. The largest absolute Gasteiger partial charge is 0.492 e. The minimum atomic E-state index is -0.891. The molecule has 0 saturated heterocycles. The number of esters is 1. The highest BCUT2D eigenvalue weighted by Gasteiger charge is 2.19. The van der Waals surface area contributed by atoms with E-state index in [1.165, 1.54) is 0 Å². The fourth-order valence-corrected chi connectivity index (χ4v) is 3.00. The van der Waals surface area contributed by atoms with Crippen LogP contribution in [0.2, 0.25) is 10.0 Å². The van der Waals surface area contributed by atoms with Gasteiger partial charge in [0, 0.05) is 17.1 Å². The topological polar surface area (TPSA) is 64.6 Å². The smallest absolute Gasteiger partial charge is 0.306 e. The van der Waals surface area contributed by atoms with Crippen molar-refractivity contribution >= 4 is 40.8 Å². The first-order chi connectivity index (χ1) is 13.3. The Morgan fingerprint density at radius 2 is 1.79 bits per heavy atom. The maximum atomic E-state index is 12.3. The van der Waals surface area contributed by atoms with E-state index < -0.39 is 12.1 Å². The molecule has 7 heteroatoms. The molecule has 0 aliphatic heterocycles. The number of ether oxygens (including phenoxy) is 2. The molecule has 0 aliphatic carbocycles. The fraction of sp³-hybridized carbons (Fsp3) is 0.333. The molecule has 0 aromatic heterocycles. The third-order valence-corrected chi connectivity index (χ3v) is 4.61. The number of hydrogen-bond donors (Lipinski definition) is 1. The first-order valence-corrected chi connectivity index (χ1v) is 9.68. The molecular weight excluding hydrogens is 401 g/mol. The molecule has 28 heavy (non-hydrogen) atoms. The second-order valence-corrected chi connectivity index (χ2v) is 7.26. The summed E-state index contributed by atoms with van der Waals surface area (Å²) in [6.07, 6.45) is -0.326. The monoisotopic (exact) mass is 423 g/mol. The number of anilines is 1. The van der Waals surface area contributed by atoms with E-state index in [0.717, 1.165) is 16.8 Å². The van der Waals surface area contributed by atoms with Crippen LogP contribution in [0.15, 0.2) is 36.4 Å². The van der Waals surface area contributed by atoms with E-state index in [1.54, 1.807) is 25.1 Å². The van der Waals surface area contributed by atoms with Crippen LogP contribution in [0.5, 0.6) is 5.75 Å². The van der Waals surface area contributed by atoms with Crippen LogP contribution < -0.4 is 10.1 Å². The van der Waals surface area contributed by atoms with Gasteiger partial charge in [-0.3, -0.25) is 9.59 Å². The number of para-hydroxylation sites is 1. The molecule has 1 amide bonds. The lowest BCUT2D eigenvalue weighted by molar-refractivity contribution is -0.153. The van der Waals surface area contributed by atoms with Crippen LogP contribution in [0.3, 0.4) is 0 Å². The second-order valence-electron chi connectivity index (χ2n) is 6.41. The van der Waals surface area contributed by atoms with Gasteiger partial charge in [0.15, 0.2) is 6.10 Å². The van der Waals surface area contributed by atoms with Gasteiger partial charge in [0.2, 0.25) is 0 Å². The zero-order valence-electron chi connectivity index (χ0n) is 16.1. The molecule has 1 atom stereocenters. The van der Waals surface area contributed by atoms with E-state index >= 15 is 0 Å². The minimum absolute atomic E-state index is 0.131. The summed E-state index contributed by atoms with van der Waals surface area (Å²) in [5.74, 6) is -0.328. The van der Waals surface area contributed by atoms with Gasteiger partial charge in [-0.25, -0.2) is 0 Å². The molecule has 0 aliphatic rings. The average molecular weight is 424 g/mol. The summed E-state index contributed by atoms with van der Waals surface area (Å²) >= 11 is 11.8. The summed E-state index contributed by atoms with van der Waals surface area (Å²) in [4.78, 5) is 24.3. The van der Waals surface area contributed by atoms with Gasteiger partial charge in [0.05, 0.1) is 11.6 Å². The molecule has 2 aromatic carbocycles. The molecule has 1 N–H and O–H groups in total. The Labute approximate surface area is 174 Å². The van der Waals surface area contributed by atoms with Crippen molar-refractivity contribution in [3.63, 3.8) is 0 Å².